The van der Waals surface area contributed by atoms with Gasteiger partial charge in [-0.05, 0) is 31.2 Å². The molecule has 0 unspecified atom stereocenters. The molecule has 0 atom stereocenters. The molecule has 1 amide bonds. The van der Waals surface area contributed by atoms with E-state index in [4.69, 9.17) is 4.98 Å². The second kappa shape index (κ2) is 8.59. The second-order valence-corrected chi connectivity index (χ2v) is 11.2. The summed E-state index contributed by atoms with van der Waals surface area (Å²) in [7, 11) is 0. The maximum Gasteiger partial charge on any atom is 0.229 e. The molecule has 37 heavy (non-hydrogen) atoms. The second-order valence-electron chi connectivity index (χ2n) is 9.93. The van der Waals surface area contributed by atoms with Crippen molar-refractivity contribution in [2.75, 3.05) is 5.32 Å². The van der Waals surface area contributed by atoms with Gasteiger partial charge in [0.15, 0.2) is 5.82 Å². The van der Waals surface area contributed by atoms with E-state index in [2.05, 4.69) is 54.5 Å². The van der Waals surface area contributed by atoms with Crippen LogP contribution < -0.4 is 5.32 Å². The van der Waals surface area contributed by atoms with Crippen LogP contribution in [0.5, 0.6) is 0 Å². The maximum absolute atomic E-state index is 12.4. The first-order valence-electron chi connectivity index (χ1n) is 11.8. The van der Waals surface area contributed by atoms with Crippen molar-refractivity contribution in [3.05, 3.63) is 60.1 Å². The Bertz CT molecular complexity index is 1790. The highest BCUT2D eigenvalue weighted by molar-refractivity contribution is 7.15. The van der Waals surface area contributed by atoms with E-state index in [1.165, 1.54) is 4.88 Å². The largest absolute Gasteiger partial charge is 0.335 e. The van der Waals surface area contributed by atoms with Crippen LogP contribution in [-0.2, 0) is 4.79 Å². The van der Waals surface area contributed by atoms with Gasteiger partial charge in [0.2, 0.25) is 5.91 Å². The molecule has 0 aliphatic carbocycles. The predicted octanol–water partition coefficient (Wildman–Crippen LogP) is 5.98. The Balaban J connectivity index is 1.40. The predicted molar refractivity (Wildman–Crippen MR) is 146 cm³/mol. The van der Waals surface area contributed by atoms with E-state index in [1.54, 1.807) is 36.1 Å². The minimum atomic E-state index is -0.511. The Morgan fingerprint density at radius 2 is 1.84 bits per heavy atom. The van der Waals surface area contributed by atoms with Crippen molar-refractivity contribution in [2.24, 2.45) is 5.41 Å². The minimum absolute atomic E-state index is 0.0802. The molecular formula is C27H24N8OS. The third kappa shape index (κ3) is 4.25. The number of pyridine rings is 3. The Morgan fingerprint density at radius 3 is 2.62 bits per heavy atom. The van der Waals surface area contributed by atoms with E-state index in [1.807, 2.05) is 39.1 Å². The van der Waals surface area contributed by atoms with Gasteiger partial charge < -0.3 is 10.3 Å². The number of aryl methyl sites for hydroxylation is 1. The summed E-state index contributed by atoms with van der Waals surface area (Å²) < 4.78 is 0. The average molecular weight is 509 g/mol. The number of aromatic amines is 2. The number of aromatic nitrogens is 7. The number of H-pyrrole nitrogens is 2. The normalized spacial score (nSPS) is 11.9. The molecule has 184 valence electrons. The molecule has 6 heterocycles. The molecule has 0 saturated carbocycles. The van der Waals surface area contributed by atoms with Crippen molar-refractivity contribution in [2.45, 2.75) is 27.7 Å². The van der Waals surface area contributed by atoms with E-state index < -0.39 is 5.41 Å². The van der Waals surface area contributed by atoms with E-state index in [9.17, 15) is 4.79 Å². The van der Waals surface area contributed by atoms with Gasteiger partial charge in [-0.25, -0.2) is 4.98 Å². The van der Waals surface area contributed by atoms with Crippen LogP contribution >= 0.6 is 11.3 Å². The molecule has 6 aromatic rings. The molecule has 10 heteroatoms. The van der Waals surface area contributed by atoms with Crippen molar-refractivity contribution in [1.82, 2.24) is 35.1 Å². The summed E-state index contributed by atoms with van der Waals surface area (Å²) in [6.07, 6.45) is 8.72. The molecule has 6 rings (SSSR count). The smallest absolute Gasteiger partial charge is 0.229 e. The maximum atomic E-state index is 12.4. The van der Waals surface area contributed by atoms with Gasteiger partial charge in [0.25, 0.3) is 0 Å². The minimum Gasteiger partial charge on any atom is -0.335 e. The fourth-order valence-electron chi connectivity index (χ4n) is 4.03. The fraction of sp³-hybridized carbons (Fsp3) is 0.185. The zero-order valence-corrected chi connectivity index (χ0v) is 21.6. The van der Waals surface area contributed by atoms with Gasteiger partial charge >= 0.3 is 0 Å². The number of rotatable bonds is 4. The summed E-state index contributed by atoms with van der Waals surface area (Å²) >= 11 is 1.71. The molecule has 0 bridgehead atoms. The van der Waals surface area contributed by atoms with Crippen LogP contribution in [-0.4, -0.2) is 41.0 Å². The molecule has 0 aliphatic rings. The highest BCUT2D eigenvalue weighted by atomic mass is 32.1. The number of hydrogen-bond acceptors (Lipinski definition) is 7. The monoisotopic (exact) mass is 508 g/mol. The van der Waals surface area contributed by atoms with Crippen LogP contribution in [0.2, 0.25) is 0 Å². The lowest BCUT2D eigenvalue weighted by Gasteiger charge is -2.17. The number of nitrogens with zero attached hydrogens (tertiary/aromatic N) is 5. The number of anilines is 1. The van der Waals surface area contributed by atoms with Gasteiger partial charge in [0, 0.05) is 44.1 Å². The first kappa shape index (κ1) is 23.0. The number of hydrogen-bond donors (Lipinski definition) is 3. The van der Waals surface area contributed by atoms with Gasteiger partial charge in [-0.3, -0.25) is 24.8 Å². The molecule has 0 saturated heterocycles. The molecule has 6 aromatic heterocycles. The lowest BCUT2D eigenvalue weighted by Crippen LogP contribution is -2.27. The Hall–Kier alpha value is -4.44. The summed E-state index contributed by atoms with van der Waals surface area (Å²) in [6.45, 7) is 7.69. The van der Waals surface area contributed by atoms with Gasteiger partial charge in [0.05, 0.1) is 41.0 Å². The van der Waals surface area contributed by atoms with Crippen LogP contribution in [0.3, 0.4) is 0 Å². The van der Waals surface area contributed by atoms with Crippen LogP contribution in [0.15, 0.2) is 55.2 Å². The van der Waals surface area contributed by atoms with E-state index in [-0.39, 0.29) is 5.91 Å². The fourth-order valence-corrected chi connectivity index (χ4v) is 4.91. The third-order valence-corrected chi connectivity index (χ3v) is 7.08. The lowest BCUT2D eigenvalue weighted by molar-refractivity contribution is -0.123. The summed E-state index contributed by atoms with van der Waals surface area (Å²) in [4.78, 5) is 36.4. The summed E-state index contributed by atoms with van der Waals surface area (Å²) in [6, 6.07) is 8.02. The van der Waals surface area contributed by atoms with E-state index >= 15 is 0 Å². The zero-order valence-electron chi connectivity index (χ0n) is 20.7. The van der Waals surface area contributed by atoms with Crippen LogP contribution in [0.25, 0.3) is 55.2 Å². The van der Waals surface area contributed by atoms with Crippen molar-refractivity contribution >= 4 is 44.9 Å². The number of imidazole rings is 1. The van der Waals surface area contributed by atoms with Gasteiger partial charge in [-0.1, -0.05) is 20.8 Å². The molecule has 0 radical (unpaired) electrons. The van der Waals surface area contributed by atoms with E-state index in [0.717, 1.165) is 37.9 Å². The molecule has 0 aliphatic heterocycles. The van der Waals surface area contributed by atoms with Crippen LogP contribution in [0, 0.1) is 12.3 Å². The summed E-state index contributed by atoms with van der Waals surface area (Å²) in [5.41, 5.74) is 5.76. The molecule has 0 fully saturated rings. The van der Waals surface area contributed by atoms with Crippen molar-refractivity contribution < 1.29 is 4.79 Å². The molecule has 9 nitrogen and oxygen atoms in total. The molecule has 3 N–H and O–H groups in total. The van der Waals surface area contributed by atoms with Crippen molar-refractivity contribution in [1.29, 1.82) is 0 Å². The Kier molecular flexibility index (Phi) is 5.34. The third-order valence-electron chi connectivity index (χ3n) is 6.04. The number of carbonyl (C=O) groups excluding carboxylic acids is 1. The first-order chi connectivity index (χ1) is 17.8. The average Bonchev–Trinajstić information content (AvgIpc) is 3.60. The highest BCUT2D eigenvalue weighted by Gasteiger charge is 2.22. The van der Waals surface area contributed by atoms with E-state index in [0.29, 0.717) is 22.9 Å². The number of thiophene rings is 1. The van der Waals surface area contributed by atoms with Crippen LogP contribution in [0.4, 0.5) is 5.69 Å². The number of carbonyl (C=O) groups is 1. The summed E-state index contributed by atoms with van der Waals surface area (Å²) in [5.74, 6) is 0.564. The van der Waals surface area contributed by atoms with Gasteiger partial charge in [-0.15, -0.1) is 11.3 Å². The Morgan fingerprint density at radius 1 is 1.00 bits per heavy atom. The van der Waals surface area contributed by atoms with Crippen molar-refractivity contribution in [3.8, 4) is 33.2 Å². The van der Waals surface area contributed by atoms with Crippen LogP contribution in [0.1, 0.15) is 25.6 Å². The number of fused-ring (bicyclic) bond motifs is 2. The SMILES string of the molecule is Cc1ccc(-c2cncc3[nH]c(-c4n[nH]c5cnc(-c6cncc(NC(=O)C(C)(C)C)c6)cc45)nc23)s1. The number of amides is 1. The molecule has 0 aromatic carbocycles. The quantitative estimate of drug-likeness (QED) is 0.269. The van der Waals surface area contributed by atoms with Gasteiger partial charge in [0.1, 0.15) is 11.2 Å². The topological polar surface area (TPSA) is 125 Å². The highest BCUT2D eigenvalue weighted by Crippen LogP contribution is 2.34. The van der Waals surface area contributed by atoms with Gasteiger partial charge in [-0.2, -0.15) is 5.10 Å². The lowest BCUT2D eigenvalue weighted by atomic mass is 9.95. The first-order valence-corrected chi connectivity index (χ1v) is 12.6. The zero-order chi connectivity index (χ0) is 25.7. The molecular weight excluding hydrogens is 484 g/mol. The summed E-state index contributed by atoms with van der Waals surface area (Å²) in [5, 5.41) is 11.4. The number of nitrogens with one attached hydrogen (secondary N) is 3. The van der Waals surface area contributed by atoms with Crippen molar-refractivity contribution in [3.63, 3.8) is 0 Å². The molecule has 0 spiro atoms. The Labute approximate surface area is 216 Å². The standard InChI is InChI=1S/C27H24N8OS/c1-14-5-6-22(37-14)18-11-29-12-21-23(18)33-25(32-21)24-17-8-19(30-13-20(17)34-35-24)15-7-16(10-28-9-15)31-26(36)27(2,3)4/h5-13H,1-4H3,(H,31,36)(H,32,33)(H,34,35).